The molecular formula is C25H26F3N3O5S. The minimum absolute atomic E-state index is 0.00322. The van der Waals surface area contributed by atoms with Crippen LogP contribution in [0.1, 0.15) is 19.9 Å². The van der Waals surface area contributed by atoms with Gasteiger partial charge in [-0.15, -0.1) is 5.10 Å². The highest BCUT2D eigenvalue weighted by Gasteiger charge is 2.48. The van der Waals surface area contributed by atoms with Crippen LogP contribution in [0.5, 0.6) is 0 Å². The van der Waals surface area contributed by atoms with E-state index < -0.39 is 63.8 Å². The molecule has 0 bridgehead atoms. The molecule has 4 rings (SSSR count). The number of benzene rings is 2. The second-order valence-electron chi connectivity index (χ2n) is 8.53. The van der Waals surface area contributed by atoms with Gasteiger partial charge >= 0.3 is 11.9 Å². The molecular weight excluding hydrogens is 511 g/mol. The summed E-state index contributed by atoms with van der Waals surface area (Å²) >= 11 is 0. The summed E-state index contributed by atoms with van der Waals surface area (Å²) in [6.07, 6.45) is 0.0942. The smallest absolute Gasteiger partial charge is 0.303 e. The number of aromatic nitrogens is 3. The highest BCUT2D eigenvalue weighted by molar-refractivity contribution is 8.17. The van der Waals surface area contributed by atoms with Crippen molar-refractivity contribution in [2.24, 2.45) is 0 Å². The Bertz CT molecular complexity index is 1250. The second kappa shape index (κ2) is 11.3. The van der Waals surface area contributed by atoms with Crippen molar-refractivity contribution in [3.8, 4) is 11.3 Å². The molecule has 37 heavy (non-hydrogen) atoms. The number of hydrogen-bond acceptors (Lipinski definition) is 7. The van der Waals surface area contributed by atoms with E-state index in [2.05, 4.69) is 10.3 Å². The van der Waals surface area contributed by atoms with E-state index in [0.717, 1.165) is 17.0 Å². The molecule has 198 valence electrons. The largest absolute Gasteiger partial charge is 0.465 e. The van der Waals surface area contributed by atoms with Gasteiger partial charge in [0.2, 0.25) is 0 Å². The topological polar surface area (TPSA) is 92.5 Å². The first-order valence-corrected chi connectivity index (χ1v) is 13.0. The van der Waals surface area contributed by atoms with Crippen LogP contribution in [0.4, 0.5) is 13.2 Å². The summed E-state index contributed by atoms with van der Waals surface area (Å²) in [5.74, 6) is -4.79. The van der Waals surface area contributed by atoms with Crippen LogP contribution in [0.2, 0.25) is 0 Å². The Balaban J connectivity index is 1.77. The van der Waals surface area contributed by atoms with E-state index >= 15 is 0 Å². The lowest BCUT2D eigenvalue weighted by molar-refractivity contribution is -0.153. The molecule has 5 atom stereocenters. The fourth-order valence-corrected chi connectivity index (χ4v) is 7.51. The fourth-order valence-electron chi connectivity index (χ4n) is 4.49. The fraction of sp³-hybridized carbons (Fsp3) is 0.360. The molecule has 0 N–H and O–H groups in total. The first kappa shape index (κ1) is 26.7. The van der Waals surface area contributed by atoms with Crippen molar-refractivity contribution >= 4 is 22.8 Å². The Labute approximate surface area is 214 Å². The zero-order valence-electron chi connectivity index (χ0n) is 20.3. The van der Waals surface area contributed by atoms with Gasteiger partial charge in [0.15, 0.2) is 17.5 Å². The van der Waals surface area contributed by atoms with E-state index in [-0.39, 0.29) is 17.9 Å². The highest BCUT2D eigenvalue weighted by Crippen LogP contribution is 2.51. The molecule has 2 heterocycles. The molecule has 0 saturated carbocycles. The average Bonchev–Trinajstić information content (AvgIpc) is 3.35. The number of rotatable bonds is 7. The standard InChI is InChI=1S/C25H26F3N3O5S/c1-14(32)35-12-22-25(36-15(2)33)24(21(34-3)13-37(22)17-7-5-4-6-8-17)31-11-20(29-30-31)16-9-18(26)23(28)19(27)10-16/h4-11,21-22,24-25,37H,12-13H2,1-3H3/t21-,22+,24-,25-/m0/s1. The summed E-state index contributed by atoms with van der Waals surface area (Å²) in [6, 6.07) is 10.6. The quantitative estimate of drug-likeness (QED) is 0.278. The molecule has 3 aromatic rings. The van der Waals surface area contributed by atoms with E-state index in [1.54, 1.807) is 0 Å². The summed E-state index contributed by atoms with van der Waals surface area (Å²) in [4.78, 5) is 24.9. The Hall–Kier alpha value is -3.38. The lowest BCUT2D eigenvalue weighted by Crippen LogP contribution is -2.52. The van der Waals surface area contributed by atoms with Gasteiger partial charge in [0, 0.05) is 32.3 Å². The molecule has 8 nitrogen and oxygen atoms in total. The van der Waals surface area contributed by atoms with E-state index in [4.69, 9.17) is 14.2 Å². The molecule has 1 aliphatic rings. The van der Waals surface area contributed by atoms with E-state index in [0.29, 0.717) is 5.75 Å². The maximum Gasteiger partial charge on any atom is 0.303 e. The Morgan fingerprint density at radius 2 is 1.76 bits per heavy atom. The highest BCUT2D eigenvalue weighted by atomic mass is 32.2. The number of hydrogen-bond donors (Lipinski definition) is 1. The van der Waals surface area contributed by atoms with Crippen molar-refractivity contribution in [3.05, 3.63) is 66.1 Å². The Kier molecular flexibility index (Phi) is 8.18. The molecule has 1 unspecified atom stereocenters. The van der Waals surface area contributed by atoms with Crippen LogP contribution in [0.25, 0.3) is 11.3 Å². The lowest BCUT2D eigenvalue weighted by Gasteiger charge is -2.47. The third-order valence-corrected chi connectivity index (χ3v) is 9.08. The second-order valence-corrected chi connectivity index (χ2v) is 11.0. The van der Waals surface area contributed by atoms with Gasteiger partial charge in [-0.05, 0) is 17.0 Å². The van der Waals surface area contributed by atoms with E-state index in [1.807, 2.05) is 30.3 Å². The summed E-state index contributed by atoms with van der Waals surface area (Å²) < 4.78 is 59.5. The SMILES string of the molecule is CO[C@H]1C[SH](c2ccccc2)[C@H](COC(C)=O)[C@H](OC(C)=O)[C@H]1n1cc(-c2cc(F)c(F)c(F)c2)nn1. The number of thiol groups is 1. The maximum atomic E-state index is 13.8. The number of carbonyl (C=O) groups excluding carboxylic acids is 2. The third kappa shape index (κ3) is 5.80. The average molecular weight is 538 g/mol. The number of halogens is 3. The van der Waals surface area contributed by atoms with Gasteiger partial charge in [-0.25, -0.2) is 28.7 Å². The zero-order chi connectivity index (χ0) is 26.7. The van der Waals surface area contributed by atoms with Gasteiger partial charge in [0.25, 0.3) is 0 Å². The summed E-state index contributed by atoms with van der Waals surface area (Å²) in [5.41, 5.74) is 0.0705. The molecule has 1 fully saturated rings. The predicted octanol–water partition coefficient (Wildman–Crippen LogP) is 3.86. The van der Waals surface area contributed by atoms with E-state index in [1.165, 1.54) is 31.8 Å². The van der Waals surface area contributed by atoms with E-state index in [9.17, 15) is 22.8 Å². The number of methoxy groups -OCH3 is 1. The van der Waals surface area contributed by atoms with Crippen LogP contribution in [-0.2, 0) is 23.8 Å². The molecule has 0 spiro atoms. The van der Waals surface area contributed by atoms with Crippen molar-refractivity contribution in [3.63, 3.8) is 0 Å². The first-order valence-electron chi connectivity index (χ1n) is 11.4. The monoisotopic (exact) mass is 537 g/mol. The molecule has 1 aromatic heterocycles. The van der Waals surface area contributed by atoms with Crippen LogP contribution in [0, 0.1) is 17.5 Å². The molecule has 2 aromatic carbocycles. The molecule has 1 aliphatic heterocycles. The number of ether oxygens (including phenoxy) is 3. The zero-order valence-corrected chi connectivity index (χ0v) is 21.2. The van der Waals surface area contributed by atoms with Crippen molar-refractivity contribution in [1.82, 2.24) is 15.0 Å². The lowest BCUT2D eigenvalue weighted by atomic mass is 10.0. The van der Waals surface area contributed by atoms with Crippen molar-refractivity contribution in [2.75, 3.05) is 19.5 Å². The number of carbonyl (C=O) groups is 2. The summed E-state index contributed by atoms with van der Waals surface area (Å²) in [7, 11) is 0.500. The van der Waals surface area contributed by atoms with Gasteiger partial charge in [-0.1, -0.05) is 35.5 Å². The molecule has 12 heteroatoms. The minimum Gasteiger partial charge on any atom is -0.465 e. The van der Waals surface area contributed by atoms with Gasteiger partial charge < -0.3 is 14.2 Å². The van der Waals surface area contributed by atoms with Gasteiger partial charge in [-0.2, -0.15) is 0 Å². The molecule has 0 radical (unpaired) electrons. The third-order valence-electron chi connectivity index (χ3n) is 6.12. The minimum atomic E-state index is -1.58. The summed E-state index contributed by atoms with van der Waals surface area (Å²) in [6.45, 7) is 2.57. The number of nitrogens with zero attached hydrogens (tertiary/aromatic N) is 3. The van der Waals surface area contributed by atoms with Crippen molar-refractivity contribution < 1.29 is 37.0 Å². The summed E-state index contributed by atoms with van der Waals surface area (Å²) in [5, 5.41) is 7.74. The first-order chi connectivity index (χ1) is 17.7. The van der Waals surface area contributed by atoms with Crippen LogP contribution in [0.15, 0.2) is 53.6 Å². The molecule has 1 saturated heterocycles. The van der Waals surface area contributed by atoms with Gasteiger partial charge in [0.05, 0.1) is 17.6 Å². The van der Waals surface area contributed by atoms with Crippen molar-refractivity contribution in [2.45, 2.75) is 42.2 Å². The van der Waals surface area contributed by atoms with Gasteiger partial charge in [0.1, 0.15) is 24.4 Å². The van der Waals surface area contributed by atoms with Crippen LogP contribution in [0.3, 0.4) is 0 Å². The van der Waals surface area contributed by atoms with Crippen LogP contribution in [-0.4, -0.2) is 63.9 Å². The Morgan fingerprint density at radius 1 is 1.08 bits per heavy atom. The number of esters is 2. The molecule has 0 aliphatic carbocycles. The van der Waals surface area contributed by atoms with Crippen LogP contribution >= 0.6 is 10.9 Å². The maximum absolute atomic E-state index is 13.8. The van der Waals surface area contributed by atoms with Crippen molar-refractivity contribution in [1.29, 1.82) is 0 Å². The van der Waals surface area contributed by atoms with Gasteiger partial charge in [-0.3, -0.25) is 9.59 Å². The Morgan fingerprint density at radius 3 is 2.35 bits per heavy atom. The van der Waals surface area contributed by atoms with Crippen LogP contribution < -0.4 is 0 Å². The molecule has 0 amide bonds. The normalized spacial score (nSPS) is 24.4. The predicted molar refractivity (Wildman–Crippen MR) is 130 cm³/mol.